The van der Waals surface area contributed by atoms with E-state index in [2.05, 4.69) is 16.8 Å². The predicted octanol–water partition coefficient (Wildman–Crippen LogP) is 3.59. The molecular weight excluding hydrogens is 202 g/mol. The van der Waals surface area contributed by atoms with Crippen LogP contribution in [-0.4, -0.2) is 6.04 Å². The normalized spacial score (nSPS) is 27.5. The quantitative estimate of drug-likeness (QED) is 0.779. The minimum Gasteiger partial charge on any atom is -0.328 e. The van der Waals surface area contributed by atoms with E-state index in [1.54, 1.807) is 11.3 Å². The molecule has 0 aliphatic heterocycles. The van der Waals surface area contributed by atoms with Crippen LogP contribution in [0.1, 0.15) is 44.1 Å². The first-order valence-corrected chi connectivity index (χ1v) is 7.05. The van der Waals surface area contributed by atoms with Gasteiger partial charge in [0.2, 0.25) is 0 Å². The lowest BCUT2D eigenvalue weighted by molar-refractivity contribution is 0.406. The summed E-state index contributed by atoms with van der Waals surface area (Å²) in [7, 11) is 0. The highest BCUT2D eigenvalue weighted by atomic mass is 32.1. The zero-order chi connectivity index (χ0) is 10.5. The molecule has 1 aromatic rings. The summed E-state index contributed by atoms with van der Waals surface area (Å²) in [5.41, 5.74) is 7.59. The van der Waals surface area contributed by atoms with Gasteiger partial charge in [0.15, 0.2) is 0 Å². The van der Waals surface area contributed by atoms with Crippen LogP contribution in [0.25, 0.3) is 0 Å². The Morgan fingerprint density at radius 1 is 1.33 bits per heavy atom. The summed E-state index contributed by atoms with van der Waals surface area (Å²) in [5.74, 6) is 0.877. The van der Waals surface area contributed by atoms with E-state index in [-0.39, 0.29) is 0 Å². The van der Waals surface area contributed by atoms with Crippen LogP contribution >= 0.6 is 11.3 Å². The highest BCUT2D eigenvalue weighted by Gasteiger charge is 2.17. The van der Waals surface area contributed by atoms with Gasteiger partial charge in [0.05, 0.1) is 0 Å². The van der Waals surface area contributed by atoms with Gasteiger partial charge in [0.25, 0.3) is 0 Å². The lowest BCUT2D eigenvalue weighted by Gasteiger charge is -2.16. The van der Waals surface area contributed by atoms with Crippen LogP contribution in [0, 0.1) is 5.92 Å². The van der Waals surface area contributed by atoms with Gasteiger partial charge in [-0.1, -0.05) is 19.3 Å². The van der Waals surface area contributed by atoms with E-state index in [9.17, 15) is 0 Å². The van der Waals surface area contributed by atoms with E-state index in [0.717, 1.165) is 5.92 Å². The zero-order valence-electron chi connectivity index (χ0n) is 9.32. The number of nitrogens with two attached hydrogens (primary N) is 1. The van der Waals surface area contributed by atoms with E-state index in [1.165, 1.54) is 50.5 Å². The van der Waals surface area contributed by atoms with Gasteiger partial charge in [0.1, 0.15) is 0 Å². The van der Waals surface area contributed by atoms with Crippen LogP contribution in [0.15, 0.2) is 16.8 Å². The van der Waals surface area contributed by atoms with Gasteiger partial charge in [-0.15, -0.1) is 0 Å². The molecule has 15 heavy (non-hydrogen) atoms. The number of aryl methyl sites for hydroxylation is 1. The van der Waals surface area contributed by atoms with Gasteiger partial charge in [0, 0.05) is 6.04 Å². The Kier molecular flexibility index (Phi) is 4.21. The molecule has 2 rings (SSSR count). The fourth-order valence-corrected chi connectivity index (χ4v) is 3.27. The summed E-state index contributed by atoms with van der Waals surface area (Å²) >= 11 is 1.81. The number of thiophene rings is 1. The maximum atomic E-state index is 6.08. The van der Waals surface area contributed by atoms with Crippen molar-refractivity contribution in [2.75, 3.05) is 0 Å². The second-order valence-electron chi connectivity index (χ2n) is 4.82. The highest BCUT2D eigenvalue weighted by Crippen LogP contribution is 2.26. The number of hydrogen-bond acceptors (Lipinski definition) is 2. The molecule has 2 N–H and O–H groups in total. The SMILES string of the molecule is NC1CCCCC(CCc2ccsc2)C1. The van der Waals surface area contributed by atoms with Crippen molar-refractivity contribution in [3.8, 4) is 0 Å². The van der Waals surface area contributed by atoms with Crippen molar-refractivity contribution in [3.05, 3.63) is 22.4 Å². The summed E-state index contributed by atoms with van der Waals surface area (Å²) in [6, 6.07) is 2.72. The Morgan fingerprint density at radius 3 is 3.00 bits per heavy atom. The molecule has 0 spiro atoms. The van der Waals surface area contributed by atoms with Crippen molar-refractivity contribution in [2.24, 2.45) is 11.7 Å². The first-order chi connectivity index (χ1) is 7.34. The highest BCUT2D eigenvalue weighted by molar-refractivity contribution is 7.07. The summed E-state index contributed by atoms with van der Waals surface area (Å²) in [6.45, 7) is 0. The molecule has 2 unspecified atom stereocenters. The molecule has 1 aromatic heterocycles. The summed E-state index contributed by atoms with van der Waals surface area (Å²) < 4.78 is 0. The first kappa shape index (κ1) is 11.2. The first-order valence-electron chi connectivity index (χ1n) is 6.11. The third-order valence-corrected chi connectivity index (χ3v) is 4.23. The Hall–Kier alpha value is -0.340. The molecule has 1 fully saturated rings. The van der Waals surface area contributed by atoms with Crippen molar-refractivity contribution in [1.82, 2.24) is 0 Å². The van der Waals surface area contributed by atoms with Gasteiger partial charge in [-0.25, -0.2) is 0 Å². The van der Waals surface area contributed by atoms with Crippen molar-refractivity contribution in [1.29, 1.82) is 0 Å². The van der Waals surface area contributed by atoms with E-state index < -0.39 is 0 Å². The van der Waals surface area contributed by atoms with Crippen molar-refractivity contribution in [2.45, 2.75) is 51.0 Å². The van der Waals surface area contributed by atoms with E-state index >= 15 is 0 Å². The summed E-state index contributed by atoms with van der Waals surface area (Å²) in [5, 5.41) is 4.45. The van der Waals surface area contributed by atoms with Crippen LogP contribution in [0.5, 0.6) is 0 Å². The predicted molar refractivity (Wildman–Crippen MR) is 67.2 cm³/mol. The Labute approximate surface area is 96.7 Å². The molecule has 1 saturated carbocycles. The van der Waals surface area contributed by atoms with Gasteiger partial charge in [-0.3, -0.25) is 0 Å². The van der Waals surface area contributed by atoms with E-state index in [0.29, 0.717) is 6.04 Å². The third-order valence-electron chi connectivity index (χ3n) is 3.49. The Bertz CT molecular complexity index is 268. The molecule has 0 bridgehead atoms. The number of hydrogen-bond donors (Lipinski definition) is 1. The molecule has 1 nitrogen and oxygen atoms in total. The van der Waals surface area contributed by atoms with Crippen molar-refractivity contribution < 1.29 is 0 Å². The van der Waals surface area contributed by atoms with Crippen LogP contribution < -0.4 is 5.73 Å². The third kappa shape index (κ3) is 3.62. The Morgan fingerprint density at radius 2 is 2.20 bits per heavy atom. The average Bonchev–Trinajstić information content (AvgIpc) is 2.65. The average molecular weight is 223 g/mol. The fourth-order valence-electron chi connectivity index (χ4n) is 2.57. The van der Waals surface area contributed by atoms with Crippen LogP contribution in [0.3, 0.4) is 0 Å². The van der Waals surface area contributed by atoms with Gasteiger partial charge in [-0.2, -0.15) is 11.3 Å². The van der Waals surface area contributed by atoms with Crippen LogP contribution in [0.2, 0.25) is 0 Å². The van der Waals surface area contributed by atoms with Gasteiger partial charge < -0.3 is 5.73 Å². The zero-order valence-corrected chi connectivity index (χ0v) is 10.1. The monoisotopic (exact) mass is 223 g/mol. The fraction of sp³-hybridized carbons (Fsp3) is 0.692. The Balaban J connectivity index is 1.78. The smallest absolute Gasteiger partial charge is 0.00414 e. The maximum Gasteiger partial charge on any atom is 0.00414 e. The molecule has 1 heterocycles. The maximum absolute atomic E-state index is 6.08. The van der Waals surface area contributed by atoms with Crippen molar-refractivity contribution >= 4 is 11.3 Å². The molecule has 0 radical (unpaired) electrons. The lowest BCUT2D eigenvalue weighted by atomic mass is 9.92. The summed E-state index contributed by atoms with van der Waals surface area (Å²) in [4.78, 5) is 0. The van der Waals surface area contributed by atoms with Gasteiger partial charge >= 0.3 is 0 Å². The number of rotatable bonds is 3. The van der Waals surface area contributed by atoms with Gasteiger partial charge in [-0.05, 0) is 54.0 Å². The lowest BCUT2D eigenvalue weighted by Crippen LogP contribution is -2.21. The molecule has 2 heteroatoms. The second kappa shape index (κ2) is 5.66. The minimum absolute atomic E-state index is 0.472. The summed E-state index contributed by atoms with van der Waals surface area (Å²) in [6.07, 6.45) is 9.22. The van der Waals surface area contributed by atoms with E-state index in [1.807, 2.05) is 0 Å². The molecule has 84 valence electrons. The molecule has 0 aromatic carbocycles. The molecule has 2 atom stereocenters. The minimum atomic E-state index is 0.472. The van der Waals surface area contributed by atoms with Crippen molar-refractivity contribution in [3.63, 3.8) is 0 Å². The topological polar surface area (TPSA) is 26.0 Å². The molecule has 1 aliphatic carbocycles. The molecule has 0 saturated heterocycles. The largest absolute Gasteiger partial charge is 0.328 e. The van der Waals surface area contributed by atoms with E-state index in [4.69, 9.17) is 5.73 Å². The van der Waals surface area contributed by atoms with Crippen LogP contribution in [-0.2, 0) is 6.42 Å². The molecule has 1 aliphatic rings. The molecule has 0 amide bonds. The second-order valence-corrected chi connectivity index (χ2v) is 5.60. The van der Waals surface area contributed by atoms with Crippen LogP contribution in [0.4, 0.5) is 0 Å². The molecular formula is C13H21NS. The standard InChI is InChI=1S/C13H21NS/c14-13-4-2-1-3-11(9-13)5-6-12-7-8-15-10-12/h7-8,10-11,13H,1-6,9,14H2.